The average Bonchev–Trinajstić information content (AvgIpc) is 3.03. The number of ether oxygens (including phenoxy) is 1. The minimum absolute atomic E-state index is 0.0769. The first-order valence-corrected chi connectivity index (χ1v) is 9.72. The van der Waals surface area contributed by atoms with Crippen LogP contribution in [-0.4, -0.2) is 17.6 Å². The number of hydrogen-bond acceptors (Lipinski definition) is 3. The number of hydrogen-bond donors (Lipinski definition) is 1. The summed E-state index contributed by atoms with van der Waals surface area (Å²) in [7, 11) is 1.61. The van der Waals surface area contributed by atoms with Crippen molar-refractivity contribution in [3.63, 3.8) is 0 Å². The standard InChI is InChI=1S/C25H25N3O2/c1-17-6-5-7-23(12-17)28-18(2)13-21(19(28)3)14-22(15-26)25(29)27-16-20-8-10-24(30-4)11-9-20/h5-14H,16H2,1-4H3,(H,27,29)/b22-14-. The normalized spacial score (nSPS) is 11.1. The fourth-order valence-electron chi connectivity index (χ4n) is 3.42. The molecule has 0 aliphatic heterocycles. The molecular weight excluding hydrogens is 374 g/mol. The van der Waals surface area contributed by atoms with Crippen LogP contribution in [0.15, 0.2) is 60.2 Å². The Balaban J connectivity index is 1.81. The SMILES string of the molecule is COc1ccc(CNC(=O)/C(C#N)=C\c2cc(C)n(-c3cccc(C)c3)c2C)cc1. The van der Waals surface area contributed by atoms with Crippen LogP contribution >= 0.6 is 0 Å². The second-order valence-electron chi connectivity index (χ2n) is 7.20. The van der Waals surface area contributed by atoms with Gasteiger partial charge in [0.15, 0.2) is 0 Å². The summed E-state index contributed by atoms with van der Waals surface area (Å²) >= 11 is 0. The highest BCUT2D eigenvalue weighted by Crippen LogP contribution is 2.23. The third kappa shape index (κ3) is 4.61. The minimum atomic E-state index is -0.395. The molecule has 152 valence electrons. The Bertz CT molecular complexity index is 1130. The molecule has 1 N–H and O–H groups in total. The van der Waals surface area contributed by atoms with E-state index >= 15 is 0 Å². The van der Waals surface area contributed by atoms with Gasteiger partial charge in [0.2, 0.25) is 0 Å². The number of methoxy groups -OCH3 is 1. The molecule has 0 atom stereocenters. The van der Waals surface area contributed by atoms with E-state index < -0.39 is 5.91 Å². The van der Waals surface area contributed by atoms with Gasteiger partial charge in [-0.3, -0.25) is 4.79 Å². The molecule has 0 saturated heterocycles. The van der Waals surface area contributed by atoms with Gasteiger partial charge in [0.1, 0.15) is 17.4 Å². The molecule has 0 radical (unpaired) electrons. The lowest BCUT2D eigenvalue weighted by Crippen LogP contribution is -2.23. The van der Waals surface area contributed by atoms with E-state index in [0.29, 0.717) is 6.54 Å². The van der Waals surface area contributed by atoms with E-state index in [1.165, 1.54) is 5.56 Å². The fraction of sp³-hybridized carbons (Fsp3) is 0.200. The van der Waals surface area contributed by atoms with Gasteiger partial charge in [-0.2, -0.15) is 5.26 Å². The van der Waals surface area contributed by atoms with Crippen LogP contribution in [0, 0.1) is 32.1 Å². The van der Waals surface area contributed by atoms with Crippen LogP contribution in [0.5, 0.6) is 5.75 Å². The third-order valence-electron chi connectivity index (χ3n) is 5.01. The van der Waals surface area contributed by atoms with Crippen LogP contribution in [0.1, 0.15) is 28.1 Å². The molecule has 3 rings (SSSR count). The van der Waals surface area contributed by atoms with Gasteiger partial charge in [-0.1, -0.05) is 24.3 Å². The molecule has 30 heavy (non-hydrogen) atoms. The summed E-state index contributed by atoms with van der Waals surface area (Å²) in [4.78, 5) is 12.6. The Labute approximate surface area is 177 Å². The molecule has 0 aliphatic rings. The number of amides is 1. The molecular formula is C25H25N3O2. The number of rotatable bonds is 6. The van der Waals surface area contributed by atoms with E-state index in [4.69, 9.17) is 4.74 Å². The molecule has 1 aromatic heterocycles. The molecule has 1 heterocycles. The Kier molecular flexibility index (Phi) is 6.38. The summed E-state index contributed by atoms with van der Waals surface area (Å²) in [6.45, 7) is 6.40. The van der Waals surface area contributed by atoms with Gasteiger partial charge >= 0.3 is 0 Å². The maximum Gasteiger partial charge on any atom is 0.262 e. The zero-order chi connectivity index (χ0) is 21.7. The maximum atomic E-state index is 12.6. The second kappa shape index (κ2) is 9.15. The Morgan fingerprint density at radius 1 is 1.13 bits per heavy atom. The van der Waals surface area contributed by atoms with Gasteiger partial charge in [-0.25, -0.2) is 0 Å². The van der Waals surface area contributed by atoms with Crippen molar-refractivity contribution in [3.05, 3.63) is 88.2 Å². The summed E-state index contributed by atoms with van der Waals surface area (Å²) < 4.78 is 7.26. The number of aryl methyl sites for hydroxylation is 2. The molecule has 5 heteroatoms. The van der Waals surface area contributed by atoms with Crippen molar-refractivity contribution in [2.24, 2.45) is 0 Å². The molecule has 3 aromatic rings. The molecule has 2 aromatic carbocycles. The third-order valence-corrected chi connectivity index (χ3v) is 5.01. The predicted molar refractivity (Wildman–Crippen MR) is 118 cm³/mol. The smallest absolute Gasteiger partial charge is 0.262 e. The van der Waals surface area contributed by atoms with Crippen molar-refractivity contribution in [2.45, 2.75) is 27.3 Å². The lowest BCUT2D eigenvalue weighted by atomic mass is 10.1. The first-order chi connectivity index (χ1) is 14.4. The largest absolute Gasteiger partial charge is 0.497 e. The molecule has 0 unspecified atom stereocenters. The van der Waals surface area contributed by atoms with Crippen molar-refractivity contribution >= 4 is 12.0 Å². The van der Waals surface area contributed by atoms with Gasteiger partial charge in [0, 0.05) is 23.6 Å². The lowest BCUT2D eigenvalue weighted by molar-refractivity contribution is -0.117. The topological polar surface area (TPSA) is 67.0 Å². The number of benzene rings is 2. The molecule has 0 spiro atoms. The summed E-state index contributed by atoms with van der Waals surface area (Å²) in [5.74, 6) is 0.361. The molecule has 0 bridgehead atoms. The van der Waals surface area contributed by atoms with Crippen molar-refractivity contribution in [1.29, 1.82) is 5.26 Å². The van der Waals surface area contributed by atoms with Crippen LogP contribution in [-0.2, 0) is 11.3 Å². The quantitative estimate of drug-likeness (QED) is 0.485. The van der Waals surface area contributed by atoms with Crippen molar-refractivity contribution in [3.8, 4) is 17.5 Å². The van der Waals surface area contributed by atoms with Crippen LogP contribution < -0.4 is 10.1 Å². The molecule has 0 fully saturated rings. The summed E-state index contributed by atoms with van der Waals surface area (Å²) in [5, 5.41) is 12.4. The number of aromatic nitrogens is 1. The Morgan fingerprint density at radius 3 is 2.50 bits per heavy atom. The molecule has 5 nitrogen and oxygen atoms in total. The summed E-state index contributed by atoms with van der Waals surface area (Å²) in [5.41, 5.74) is 6.12. The predicted octanol–water partition coefficient (Wildman–Crippen LogP) is 4.63. The van der Waals surface area contributed by atoms with E-state index in [2.05, 4.69) is 28.9 Å². The second-order valence-corrected chi connectivity index (χ2v) is 7.20. The zero-order valence-corrected chi connectivity index (χ0v) is 17.7. The highest BCUT2D eigenvalue weighted by molar-refractivity contribution is 6.01. The van der Waals surface area contributed by atoms with E-state index in [1.807, 2.05) is 62.4 Å². The number of carbonyl (C=O) groups excluding carboxylic acids is 1. The van der Waals surface area contributed by atoms with Gasteiger partial charge in [-0.15, -0.1) is 0 Å². The highest BCUT2D eigenvalue weighted by atomic mass is 16.5. The summed E-state index contributed by atoms with van der Waals surface area (Å²) in [6, 6.07) is 19.7. The van der Waals surface area contributed by atoms with Crippen molar-refractivity contribution in [2.75, 3.05) is 7.11 Å². The van der Waals surface area contributed by atoms with E-state index in [-0.39, 0.29) is 5.57 Å². The average molecular weight is 399 g/mol. The van der Waals surface area contributed by atoms with Gasteiger partial charge in [0.05, 0.1) is 7.11 Å². The van der Waals surface area contributed by atoms with Crippen molar-refractivity contribution in [1.82, 2.24) is 9.88 Å². The first kappa shape index (κ1) is 20.9. The first-order valence-electron chi connectivity index (χ1n) is 9.72. The van der Waals surface area contributed by atoms with Gasteiger partial charge < -0.3 is 14.6 Å². The highest BCUT2D eigenvalue weighted by Gasteiger charge is 2.14. The number of nitriles is 1. The zero-order valence-electron chi connectivity index (χ0n) is 17.7. The van der Waals surface area contributed by atoms with Crippen LogP contribution in [0.25, 0.3) is 11.8 Å². The molecule has 0 saturated carbocycles. The van der Waals surface area contributed by atoms with Crippen LogP contribution in [0.3, 0.4) is 0 Å². The van der Waals surface area contributed by atoms with E-state index in [9.17, 15) is 10.1 Å². The monoisotopic (exact) mass is 399 g/mol. The van der Waals surface area contributed by atoms with Crippen molar-refractivity contribution < 1.29 is 9.53 Å². The van der Waals surface area contributed by atoms with Gasteiger partial charge in [0.25, 0.3) is 5.91 Å². The number of carbonyl (C=O) groups is 1. The Morgan fingerprint density at radius 2 is 1.87 bits per heavy atom. The minimum Gasteiger partial charge on any atom is -0.497 e. The fourth-order valence-corrected chi connectivity index (χ4v) is 3.42. The van der Waals surface area contributed by atoms with Crippen LogP contribution in [0.2, 0.25) is 0 Å². The Hall–Kier alpha value is -3.78. The van der Waals surface area contributed by atoms with Gasteiger partial charge in [-0.05, 0) is 73.9 Å². The molecule has 1 amide bonds. The number of nitrogens with one attached hydrogen (secondary N) is 1. The maximum absolute atomic E-state index is 12.6. The van der Waals surface area contributed by atoms with E-state index in [0.717, 1.165) is 34.0 Å². The molecule has 0 aliphatic carbocycles. The lowest BCUT2D eigenvalue weighted by Gasteiger charge is -2.10. The van der Waals surface area contributed by atoms with Crippen LogP contribution in [0.4, 0.5) is 0 Å². The summed E-state index contributed by atoms with van der Waals surface area (Å²) in [6.07, 6.45) is 1.65. The van der Waals surface area contributed by atoms with E-state index in [1.54, 1.807) is 13.2 Å². The number of nitrogens with zero attached hydrogens (tertiary/aromatic N) is 2.